The van der Waals surface area contributed by atoms with Crippen LogP contribution in [0.2, 0.25) is 0 Å². The third-order valence-electron chi connectivity index (χ3n) is 9.49. The van der Waals surface area contributed by atoms with Crippen LogP contribution in [0.4, 0.5) is 24.5 Å². The zero-order valence-electron chi connectivity index (χ0n) is 30.8. The van der Waals surface area contributed by atoms with Crippen LogP contribution in [0.3, 0.4) is 0 Å². The molecule has 1 N–H and O–H groups in total. The van der Waals surface area contributed by atoms with Gasteiger partial charge in [0.15, 0.2) is 0 Å². The van der Waals surface area contributed by atoms with Crippen molar-refractivity contribution in [2.45, 2.75) is 73.4 Å². The second-order valence-corrected chi connectivity index (χ2v) is 14.6. The van der Waals surface area contributed by atoms with Crippen molar-refractivity contribution < 1.29 is 18.0 Å². The van der Waals surface area contributed by atoms with Gasteiger partial charge in [-0.25, -0.2) is 0 Å². The largest absolute Gasteiger partial charge is 0.416 e. The molecule has 0 aromatic heterocycles. The number of benzene rings is 3. The van der Waals surface area contributed by atoms with Crippen molar-refractivity contribution in [3.05, 3.63) is 124 Å². The van der Waals surface area contributed by atoms with Gasteiger partial charge in [-0.3, -0.25) is 9.79 Å². The molecule has 0 aliphatic heterocycles. The fourth-order valence-corrected chi connectivity index (χ4v) is 7.58. The van der Waals surface area contributed by atoms with Gasteiger partial charge >= 0.3 is 6.18 Å². The lowest BCUT2D eigenvalue weighted by Crippen LogP contribution is -2.33. The highest BCUT2D eigenvalue weighted by Crippen LogP contribution is 2.40. The molecule has 0 aliphatic rings. The Morgan fingerprint density at radius 3 is 2.36 bits per heavy atom. The Labute approximate surface area is 299 Å². The predicted molar refractivity (Wildman–Crippen MR) is 209 cm³/mol. The molecule has 3 aromatic rings. The minimum atomic E-state index is -4.36. The van der Waals surface area contributed by atoms with Crippen LogP contribution >= 0.6 is 8.58 Å². The van der Waals surface area contributed by atoms with Crippen molar-refractivity contribution in [2.75, 3.05) is 24.7 Å². The molecular weight excluding hydrogens is 650 g/mol. The Morgan fingerprint density at radius 1 is 1.06 bits per heavy atom. The third-order valence-corrected chi connectivity index (χ3v) is 10.6. The minimum Gasteiger partial charge on any atom is -0.374 e. The van der Waals surface area contributed by atoms with Crippen LogP contribution in [-0.4, -0.2) is 32.4 Å². The maximum Gasteiger partial charge on any atom is 0.416 e. The summed E-state index contributed by atoms with van der Waals surface area (Å²) in [5.74, 6) is -0.639. The first-order chi connectivity index (χ1) is 23.7. The van der Waals surface area contributed by atoms with Crippen molar-refractivity contribution in [1.82, 2.24) is 5.32 Å². The SMILES string of the molecule is C=C/C(=C\C=C/C)NC(=O)C(C)C(c1ccc(C)c(N(C)C[C@@H](CC)Cc2ccc(C(F)(F)F)cc2C)c1)c1ccc(PCC)c(N=C)c1C. The highest BCUT2D eigenvalue weighted by Gasteiger charge is 2.32. The van der Waals surface area contributed by atoms with Gasteiger partial charge in [0.05, 0.1) is 11.3 Å². The summed E-state index contributed by atoms with van der Waals surface area (Å²) in [4.78, 5) is 20.6. The third kappa shape index (κ3) is 10.1. The fourth-order valence-electron chi connectivity index (χ4n) is 6.56. The number of allylic oxidation sites excluding steroid dienone is 4. The number of nitrogens with one attached hydrogen (secondary N) is 1. The quantitative estimate of drug-likeness (QED) is 0.0917. The number of hydrogen-bond acceptors (Lipinski definition) is 3. The average molecular weight is 704 g/mol. The molecule has 3 rings (SSSR count). The van der Waals surface area contributed by atoms with Crippen molar-refractivity contribution in [3.8, 4) is 0 Å². The van der Waals surface area contributed by atoms with Gasteiger partial charge in [-0.1, -0.05) is 84.8 Å². The van der Waals surface area contributed by atoms with E-state index in [1.807, 2.05) is 32.1 Å². The number of carbonyl (C=O) groups excluding carboxylic acids is 1. The van der Waals surface area contributed by atoms with Crippen molar-refractivity contribution in [1.29, 1.82) is 0 Å². The first-order valence-corrected chi connectivity index (χ1v) is 18.5. The number of anilines is 1. The van der Waals surface area contributed by atoms with Gasteiger partial charge in [0.2, 0.25) is 5.91 Å². The number of rotatable bonds is 16. The molecule has 0 saturated carbocycles. The molecule has 0 bridgehead atoms. The van der Waals surface area contributed by atoms with E-state index in [0.717, 1.165) is 58.3 Å². The number of halogens is 3. The molecule has 8 heteroatoms. The molecule has 50 heavy (non-hydrogen) atoms. The Morgan fingerprint density at radius 2 is 1.78 bits per heavy atom. The zero-order chi connectivity index (χ0) is 37.2. The summed E-state index contributed by atoms with van der Waals surface area (Å²) in [7, 11) is 2.67. The minimum absolute atomic E-state index is 0.119. The fraction of sp³-hybridized carbons (Fsp3) is 0.381. The number of hydrogen-bond donors (Lipinski definition) is 1. The Bertz CT molecular complexity index is 1730. The summed E-state index contributed by atoms with van der Waals surface area (Å²) in [5.41, 5.74) is 7.68. The van der Waals surface area contributed by atoms with Gasteiger partial charge in [-0.2, -0.15) is 13.2 Å². The van der Waals surface area contributed by atoms with Crippen LogP contribution in [0.1, 0.15) is 79.0 Å². The summed E-state index contributed by atoms with van der Waals surface area (Å²) >= 11 is 0. The smallest absolute Gasteiger partial charge is 0.374 e. The van der Waals surface area contributed by atoms with Crippen LogP contribution in [0.5, 0.6) is 0 Å². The molecule has 0 saturated heterocycles. The van der Waals surface area contributed by atoms with E-state index in [-0.39, 0.29) is 17.7 Å². The second-order valence-electron chi connectivity index (χ2n) is 13.0. The number of alkyl halides is 3. The molecule has 1 amide bonds. The van der Waals surface area contributed by atoms with Crippen molar-refractivity contribution in [2.24, 2.45) is 16.8 Å². The van der Waals surface area contributed by atoms with E-state index in [0.29, 0.717) is 26.3 Å². The molecule has 4 nitrogen and oxygen atoms in total. The maximum atomic E-state index is 13.9. The van der Waals surface area contributed by atoms with Crippen LogP contribution in [-0.2, 0) is 17.4 Å². The Kier molecular flexibility index (Phi) is 14.8. The maximum absolute atomic E-state index is 13.9. The van der Waals surface area contributed by atoms with E-state index in [2.05, 4.69) is 93.6 Å². The molecule has 3 unspecified atom stereocenters. The summed E-state index contributed by atoms with van der Waals surface area (Å²) in [5, 5.41) is 4.24. The number of nitrogens with zero attached hydrogens (tertiary/aromatic N) is 2. The predicted octanol–water partition coefficient (Wildman–Crippen LogP) is 10.5. The van der Waals surface area contributed by atoms with Crippen LogP contribution in [0.15, 0.2) is 90.1 Å². The van der Waals surface area contributed by atoms with Crippen molar-refractivity contribution >= 4 is 37.9 Å². The Hall–Kier alpha value is -3.96. The Balaban J connectivity index is 2.06. The lowest BCUT2D eigenvalue weighted by Gasteiger charge is -2.31. The summed E-state index contributed by atoms with van der Waals surface area (Å²) in [6.07, 6.45) is 5.43. The highest BCUT2D eigenvalue weighted by atomic mass is 31.1. The molecule has 0 aliphatic carbocycles. The van der Waals surface area contributed by atoms with E-state index >= 15 is 0 Å². The monoisotopic (exact) mass is 703 g/mol. The number of aliphatic imine (C=N–C) groups is 1. The molecule has 4 atom stereocenters. The van der Waals surface area contributed by atoms with Gasteiger partial charge < -0.3 is 10.2 Å². The molecule has 0 fully saturated rings. The molecule has 0 radical (unpaired) electrons. The molecule has 0 heterocycles. The second kappa shape index (κ2) is 18.3. The first-order valence-electron chi connectivity index (χ1n) is 17.3. The summed E-state index contributed by atoms with van der Waals surface area (Å²) in [6, 6.07) is 14.7. The van der Waals surface area contributed by atoms with Crippen LogP contribution < -0.4 is 15.5 Å². The average Bonchev–Trinajstić information content (AvgIpc) is 3.08. The van der Waals surface area contributed by atoms with Gasteiger partial charge in [0.25, 0.3) is 0 Å². The van der Waals surface area contributed by atoms with E-state index in [4.69, 9.17) is 0 Å². The van der Waals surface area contributed by atoms with Gasteiger partial charge in [0, 0.05) is 36.8 Å². The van der Waals surface area contributed by atoms with Gasteiger partial charge in [-0.05, 0) is 122 Å². The zero-order valence-corrected chi connectivity index (χ0v) is 31.8. The number of carbonyl (C=O) groups is 1. The van der Waals surface area contributed by atoms with Crippen molar-refractivity contribution in [3.63, 3.8) is 0 Å². The van der Waals surface area contributed by atoms with E-state index in [1.165, 1.54) is 17.4 Å². The van der Waals surface area contributed by atoms with Gasteiger partial charge in [0.1, 0.15) is 0 Å². The lowest BCUT2D eigenvalue weighted by atomic mass is 9.78. The lowest BCUT2D eigenvalue weighted by molar-refractivity contribution is -0.137. The topological polar surface area (TPSA) is 44.7 Å². The van der Waals surface area contributed by atoms with Crippen LogP contribution in [0, 0.1) is 32.6 Å². The number of amides is 1. The highest BCUT2D eigenvalue weighted by molar-refractivity contribution is 7.47. The van der Waals surface area contributed by atoms with E-state index in [1.54, 1.807) is 19.1 Å². The molecular formula is C42H53F3N3OP. The standard InChI is InChI=1S/C42H53F3N3OP/c1-11-15-16-35(13-3)47-41(49)30(8)39(36-21-22-38(50-14-4)40(46-9)29(36)7)33-18-17-27(5)37(25-33)48(10)26-31(12-2)24-32-19-20-34(23-28(32)6)42(43,44)45/h11,13,15-23,25,30-31,39,50H,3,9,12,14,24,26H2,1-2,4-8,10H3,(H,47,49)/b15-11-,35-16+/t30?,31-,39?/m0/s1. The summed E-state index contributed by atoms with van der Waals surface area (Å²) in [6.45, 7) is 22.5. The van der Waals surface area contributed by atoms with E-state index in [9.17, 15) is 18.0 Å². The first kappa shape index (κ1) is 40.5. The molecule has 268 valence electrons. The molecule has 0 spiro atoms. The summed E-state index contributed by atoms with van der Waals surface area (Å²) < 4.78 is 39.9. The van der Waals surface area contributed by atoms with Gasteiger partial charge in [-0.15, -0.1) is 0 Å². The molecule has 3 aromatic carbocycles. The normalized spacial score (nSPS) is 14.2. The van der Waals surface area contributed by atoms with E-state index < -0.39 is 17.7 Å². The van der Waals surface area contributed by atoms with Crippen LogP contribution in [0.25, 0.3) is 0 Å². The number of aryl methyl sites for hydroxylation is 2.